The summed E-state index contributed by atoms with van der Waals surface area (Å²) in [5.41, 5.74) is 7.04. The SMILES string of the molecule is Cl.NC1CC2CCCC(C1)C2NC(=O)c1nn(-c2ccccc2)cc1O. The number of rotatable bonds is 3. The maximum Gasteiger partial charge on any atom is 0.275 e. The third kappa shape index (κ3) is 3.57. The molecule has 2 atom stereocenters. The molecule has 1 heterocycles. The minimum atomic E-state index is -0.301. The quantitative estimate of drug-likeness (QED) is 0.767. The van der Waals surface area contributed by atoms with Gasteiger partial charge in [-0.05, 0) is 49.7 Å². The van der Waals surface area contributed by atoms with Gasteiger partial charge >= 0.3 is 0 Å². The summed E-state index contributed by atoms with van der Waals surface area (Å²) in [4.78, 5) is 12.7. The van der Waals surface area contributed by atoms with Crippen LogP contribution in [0.5, 0.6) is 5.75 Å². The van der Waals surface area contributed by atoms with Crippen LogP contribution in [-0.4, -0.2) is 32.9 Å². The predicted octanol–water partition coefficient (Wildman–Crippen LogP) is 2.64. The van der Waals surface area contributed by atoms with Gasteiger partial charge < -0.3 is 16.2 Å². The Morgan fingerprint density at radius 1 is 1.19 bits per heavy atom. The van der Waals surface area contributed by atoms with Crippen LogP contribution < -0.4 is 11.1 Å². The highest BCUT2D eigenvalue weighted by Gasteiger charge is 2.40. The van der Waals surface area contributed by atoms with Gasteiger partial charge in [-0.25, -0.2) is 4.68 Å². The van der Waals surface area contributed by atoms with Crippen molar-refractivity contribution >= 4 is 18.3 Å². The Labute approximate surface area is 159 Å². The third-order valence-electron chi connectivity index (χ3n) is 5.61. The second-order valence-electron chi connectivity index (χ2n) is 7.32. The summed E-state index contributed by atoms with van der Waals surface area (Å²) in [6, 6.07) is 9.83. The van der Waals surface area contributed by atoms with Crippen molar-refractivity contribution in [2.75, 3.05) is 0 Å². The topological polar surface area (TPSA) is 93.2 Å². The number of nitrogens with zero attached hydrogens (tertiary/aromatic N) is 2. The number of amides is 1. The standard InChI is InChI=1S/C19H24N4O2.ClH/c20-14-9-12-5-4-6-13(10-14)17(12)21-19(25)18-16(24)11-23(22-18)15-7-2-1-3-8-15;/h1-3,7-8,11-14,17,24H,4-6,9-10,20H2,(H,21,25);1H. The minimum Gasteiger partial charge on any atom is -0.504 e. The summed E-state index contributed by atoms with van der Waals surface area (Å²) in [5, 5.41) is 17.6. The lowest BCUT2D eigenvalue weighted by Gasteiger charge is -2.45. The Bertz CT molecular complexity index is 750. The fourth-order valence-corrected chi connectivity index (χ4v) is 4.48. The van der Waals surface area contributed by atoms with Crippen molar-refractivity contribution in [3.8, 4) is 11.4 Å². The van der Waals surface area contributed by atoms with Crippen molar-refractivity contribution in [2.45, 2.75) is 44.2 Å². The Morgan fingerprint density at radius 3 is 2.50 bits per heavy atom. The summed E-state index contributed by atoms with van der Waals surface area (Å²) in [6.45, 7) is 0. The molecule has 0 aliphatic heterocycles. The van der Waals surface area contributed by atoms with E-state index in [1.807, 2.05) is 30.3 Å². The zero-order valence-corrected chi connectivity index (χ0v) is 15.4. The minimum absolute atomic E-state index is 0. The van der Waals surface area contributed by atoms with Gasteiger partial charge in [0.05, 0.1) is 11.9 Å². The van der Waals surface area contributed by atoms with Gasteiger partial charge in [-0.3, -0.25) is 4.79 Å². The van der Waals surface area contributed by atoms with E-state index in [9.17, 15) is 9.90 Å². The molecule has 7 heteroatoms. The molecule has 1 aromatic carbocycles. The van der Waals surface area contributed by atoms with Crippen LogP contribution in [0.2, 0.25) is 0 Å². The molecule has 2 unspecified atom stereocenters. The van der Waals surface area contributed by atoms with Gasteiger partial charge in [-0.2, -0.15) is 5.10 Å². The Hall–Kier alpha value is -2.05. The molecule has 26 heavy (non-hydrogen) atoms. The van der Waals surface area contributed by atoms with Crippen molar-refractivity contribution < 1.29 is 9.90 Å². The highest BCUT2D eigenvalue weighted by molar-refractivity contribution is 5.95. The lowest BCUT2D eigenvalue weighted by Crippen LogP contribution is -2.53. The van der Waals surface area contributed by atoms with E-state index in [-0.39, 0.29) is 41.8 Å². The number of para-hydroxylation sites is 1. The van der Waals surface area contributed by atoms with Crippen molar-refractivity contribution in [1.29, 1.82) is 0 Å². The molecule has 1 amide bonds. The van der Waals surface area contributed by atoms with Gasteiger partial charge in [0.1, 0.15) is 0 Å². The van der Waals surface area contributed by atoms with Crippen LogP contribution in [0.1, 0.15) is 42.6 Å². The van der Waals surface area contributed by atoms with E-state index in [0.717, 1.165) is 31.4 Å². The molecule has 4 N–H and O–H groups in total. The monoisotopic (exact) mass is 376 g/mol. The van der Waals surface area contributed by atoms with Crippen LogP contribution in [0, 0.1) is 11.8 Å². The number of nitrogens with one attached hydrogen (secondary N) is 1. The van der Waals surface area contributed by atoms with Gasteiger partial charge in [0.25, 0.3) is 5.91 Å². The number of aromatic hydroxyl groups is 1. The first-order valence-corrected chi connectivity index (χ1v) is 9.02. The number of aromatic nitrogens is 2. The van der Waals surface area contributed by atoms with Crippen LogP contribution in [-0.2, 0) is 0 Å². The molecule has 4 rings (SSSR count). The number of hydrogen-bond acceptors (Lipinski definition) is 4. The van der Waals surface area contributed by atoms with E-state index in [1.54, 1.807) is 0 Å². The normalized spacial score (nSPS) is 27.4. The van der Waals surface area contributed by atoms with Gasteiger partial charge in [0.15, 0.2) is 11.4 Å². The first-order valence-electron chi connectivity index (χ1n) is 9.02. The molecule has 2 saturated carbocycles. The Balaban J connectivity index is 0.00000196. The van der Waals surface area contributed by atoms with Crippen molar-refractivity contribution in [1.82, 2.24) is 15.1 Å². The number of carbonyl (C=O) groups excluding carboxylic acids is 1. The van der Waals surface area contributed by atoms with Crippen LogP contribution in [0.3, 0.4) is 0 Å². The van der Waals surface area contributed by atoms with E-state index < -0.39 is 0 Å². The van der Waals surface area contributed by atoms with Gasteiger partial charge in [-0.15, -0.1) is 12.4 Å². The number of hydrogen-bond donors (Lipinski definition) is 3. The second-order valence-corrected chi connectivity index (χ2v) is 7.32. The summed E-state index contributed by atoms with van der Waals surface area (Å²) >= 11 is 0. The Kier molecular flexibility index (Phi) is 5.53. The zero-order chi connectivity index (χ0) is 17.4. The number of nitrogens with two attached hydrogens (primary N) is 1. The van der Waals surface area contributed by atoms with Crippen molar-refractivity contribution in [2.24, 2.45) is 17.6 Å². The lowest BCUT2D eigenvalue weighted by molar-refractivity contribution is 0.0749. The maximum atomic E-state index is 12.7. The van der Waals surface area contributed by atoms with E-state index in [1.165, 1.54) is 17.3 Å². The number of benzene rings is 1. The third-order valence-corrected chi connectivity index (χ3v) is 5.61. The highest BCUT2D eigenvalue weighted by atomic mass is 35.5. The molecule has 140 valence electrons. The first kappa shape index (κ1) is 18.7. The fourth-order valence-electron chi connectivity index (χ4n) is 4.48. The van der Waals surface area contributed by atoms with Gasteiger partial charge in [-0.1, -0.05) is 24.6 Å². The molecule has 2 bridgehead atoms. The average molecular weight is 377 g/mol. The molecule has 0 saturated heterocycles. The maximum absolute atomic E-state index is 12.7. The molecule has 2 aliphatic carbocycles. The molecule has 0 radical (unpaired) electrons. The van der Waals surface area contributed by atoms with E-state index in [4.69, 9.17) is 5.73 Å². The van der Waals surface area contributed by atoms with Crippen molar-refractivity contribution in [3.05, 3.63) is 42.2 Å². The van der Waals surface area contributed by atoms with Crippen molar-refractivity contribution in [3.63, 3.8) is 0 Å². The summed E-state index contributed by atoms with van der Waals surface area (Å²) in [5.74, 6) is 0.471. The molecule has 6 nitrogen and oxygen atoms in total. The Morgan fingerprint density at radius 2 is 1.85 bits per heavy atom. The van der Waals surface area contributed by atoms with Gasteiger partial charge in [0.2, 0.25) is 0 Å². The van der Waals surface area contributed by atoms with Crippen LogP contribution in [0.4, 0.5) is 0 Å². The highest BCUT2D eigenvalue weighted by Crippen LogP contribution is 2.39. The molecule has 2 aliphatic rings. The number of halogens is 1. The van der Waals surface area contributed by atoms with E-state index in [2.05, 4.69) is 10.4 Å². The molecular weight excluding hydrogens is 352 g/mol. The average Bonchev–Trinajstić information content (AvgIpc) is 2.98. The zero-order valence-electron chi connectivity index (χ0n) is 14.5. The first-order chi connectivity index (χ1) is 12.1. The fraction of sp³-hybridized carbons (Fsp3) is 0.474. The molecule has 0 spiro atoms. The molecular formula is C19H25ClN4O2. The largest absolute Gasteiger partial charge is 0.504 e. The summed E-state index contributed by atoms with van der Waals surface area (Å²) < 4.78 is 1.53. The van der Waals surface area contributed by atoms with Crippen LogP contribution >= 0.6 is 12.4 Å². The second kappa shape index (κ2) is 7.68. The summed E-state index contributed by atoms with van der Waals surface area (Å²) in [7, 11) is 0. The van der Waals surface area contributed by atoms with E-state index in [0.29, 0.717) is 11.8 Å². The van der Waals surface area contributed by atoms with Crippen LogP contribution in [0.25, 0.3) is 5.69 Å². The smallest absolute Gasteiger partial charge is 0.275 e. The lowest BCUT2D eigenvalue weighted by atomic mass is 9.67. The summed E-state index contributed by atoms with van der Waals surface area (Å²) in [6.07, 6.45) is 6.83. The van der Waals surface area contributed by atoms with E-state index >= 15 is 0 Å². The number of carbonyl (C=O) groups is 1. The van der Waals surface area contributed by atoms with Gasteiger partial charge in [0, 0.05) is 12.1 Å². The predicted molar refractivity (Wildman–Crippen MR) is 102 cm³/mol. The number of fused-ring (bicyclic) bond motifs is 2. The molecule has 2 fully saturated rings. The molecule has 2 aromatic rings. The molecule has 1 aromatic heterocycles. The van der Waals surface area contributed by atoms with Crippen LogP contribution in [0.15, 0.2) is 36.5 Å².